The van der Waals surface area contributed by atoms with Crippen LogP contribution in [0.15, 0.2) is 41.4 Å². The van der Waals surface area contributed by atoms with Crippen molar-refractivity contribution >= 4 is 17.6 Å². The van der Waals surface area contributed by atoms with Crippen LogP contribution in [0.4, 0.5) is 5.82 Å². The van der Waals surface area contributed by atoms with E-state index in [0.29, 0.717) is 12.4 Å². The van der Waals surface area contributed by atoms with Gasteiger partial charge in [-0.05, 0) is 17.9 Å². The normalized spacial score (nSPS) is 10.3. The first-order valence-electron chi connectivity index (χ1n) is 5.67. The lowest BCUT2D eigenvalue weighted by Crippen LogP contribution is -2.08. The Balaban J connectivity index is 2.37. The summed E-state index contributed by atoms with van der Waals surface area (Å²) < 4.78 is 0. The molecule has 5 heteroatoms. The van der Waals surface area contributed by atoms with Gasteiger partial charge in [-0.1, -0.05) is 30.3 Å². The van der Waals surface area contributed by atoms with E-state index in [1.165, 1.54) is 0 Å². The molecule has 0 bridgehead atoms. The fraction of sp³-hybridized carbons (Fsp3) is 0.231. The van der Waals surface area contributed by atoms with Gasteiger partial charge in [0.2, 0.25) is 0 Å². The van der Waals surface area contributed by atoms with Crippen molar-refractivity contribution in [1.29, 1.82) is 0 Å². The number of nitrogens with zero attached hydrogens (tertiary/aromatic N) is 2. The molecule has 0 saturated carbocycles. The minimum absolute atomic E-state index is 0.0760. The van der Waals surface area contributed by atoms with Gasteiger partial charge in [-0.25, -0.2) is 0 Å². The summed E-state index contributed by atoms with van der Waals surface area (Å²) in [6.45, 7) is 0.550. The van der Waals surface area contributed by atoms with Gasteiger partial charge >= 0.3 is 0 Å². The molecule has 2 N–H and O–H groups in total. The summed E-state index contributed by atoms with van der Waals surface area (Å²) in [6, 6.07) is 12.0. The van der Waals surface area contributed by atoms with Gasteiger partial charge in [0.15, 0.2) is 0 Å². The molecular formula is C13H15N3OS. The fourth-order valence-electron chi connectivity index (χ4n) is 1.63. The van der Waals surface area contributed by atoms with E-state index in [9.17, 15) is 0 Å². The second kappa shape index (κ2) is 6.37. The maximum Gasteiger partial charge on any atom is 0.149 e. The molecule has 0 amide bonds. The number of aliphatic hydroxyl groups excluding tert-OH is 1. The summed E-state index contributed by atoms with van der Waals surface area (Å²) in [5.41, 5.74) is 2.17. The molecule has 18 heavy (non-hydrogen) atoms. The summed E-state index contributed by atoms with van der Waals surface area (Å²) >= 11 is 1.57. The lowest BCUT2D eigenvalue weighted by atomic mass is 10.1. The number of aromatic nitrogens is 2. The number of thioether (sulfide) groups is 1. The molecule has 0 radical (unpaired) electrons. The van der Waals surface area contributed by atoms with Crippen molar-refractivity contribution < 1.29 is 5.11 Å². The molecular weight excluding hydrogens is 246 g/mol. The molecule has 0 atom stereocenters. The maximum atomic E-state index is 8.80. The van der Waals surface area contributed by atoms with Gasteiger partial charge in [-0.15, -0.1) is 22.0 Å². The van der Waals surface area contributed by atoms with Crippen molar-refractivity contribution in [2.24, 2.45) is 0 Å². The second-order valence-electron chi connectivity index (χ2n) is 3.67. The van der Waals surface area contributed by atoms with E-state index in [-0.39, 0.29) is 6.61 Å². The molecule has 1 aromatic carbocycles. The summed E-state index contributed by atoms with van der Waals surface area (Å²) in [5, 5.41) is 21.0. The van der Waals surface area contributed by atoms with Crippen LogP contribution in [0.3, 0.4) is 0 Å². The van der Waals surface area contributed by atoms with Crippen LogP contribution in [0.2, 0.25) is 0 Å². The summed E-state index contributed by atoms with van der Waals surface area (Å²) in [5.74, 6) is 0.681. The van der Waals surface area contributed by atoms with Crippen molar-refractivity contribution in [2.75, 3.05) is 24.7 Å². The monoisotopic (exact) mass is 261 g/mol. The third-order valence-corrected chi connectivity index (χ3v) is 3.14. The van der Waals surface area contributed by atoms with Crippen LogP contribution in [0.1, 0.15) is 0 Å². The van der Waals surface area contributed by atoms with Gasteiger partial charge in [0.05, 0.1) is 6.61 Å². The average Bonchev–Trinajstić information content (AvgIpc) is 2.45. The zero-order chi connectivity index (χ0) is 12.8. The van der Waals surface area contributed by atoms with E-state index in [4.69, 9.17) is 5.11 Å². The van der Waals surface area contributed by atoms with E-state index < -0.39 is 0 Å². The SMILES string of the molecule is CSc1nnc(NCCO)cc1-c1ccccc1. The van der Waals surface area contributed by atoms with E-state index >= 15 is 0 Å². The Bertz CT molecular complexity index is 505. The van der Waals surface area contributed by atoms with Gasteiger partial charge in [-0.3, -0.25) is 0 Å². The highest BCUT2D eigenvalue weighted by Gasteiger charge is 2.08. The average molecular weight is 261 g/mol. The highest BCUT2D eigenvalue weighted by Crippen LogP contribution is 2.29. The molecule has 2 rings (SSSR count). The van der Waals surface area contributed by atoms with Crippen molar-refractivity contribution in [2.45, 2.75) is 5.03 Å². The van der Waals surface area contributed by atoms with Gasteiger partial charge < -0.3 is 10.4 Å². The molecule has 94 valence electrons. The Morgan fingerprint density at radius 3 is 2.67 bits per heavy atom. The molecule has 0 unspecified atom stereocenters. The Hall–Kier alpha value is -1.59. The quantitative estimate of drug-likeness (QED) is 0.809. The number of anilines is 1. The van der Waals surface area contributed by atoms with Gasteiger partial charge in [0.25, 0.3) is 0 Å². The number of benzene rings is 1. The molecule has 0 spiro atoms. The summed E-state index contributed by atoms with van der Waals surface area (Å²) in [7, 11) is 0. The molecule has 0 aliphatic rings. The van der Waals surface area contributed by atoms with Crippen LogP contribution in [0.5, 0.6) is 0 Å². The zero-order valence-electron chi connectivity index (χ0n) is 10.1. The lowest BCUT2D eigenvalue weighted by Gasteiger charge is -2.09. The topological polar surface area (TPSA) is 58.0 Å². The third-order valence-electron chi connectivity index (χ3n) is 2.46. The third kappa shape index (κ3) is 3.00. The van der Waals surface area contributed by atoms with Crippen LogP contribution in [0.25, 0.3) is 11.1 Å². The number of nitrogens with one attached hydrogen (secondary N) is 1. The molecule has 0 fully saturated rings. The van der Waals surface area contributed by atoms with Crippen LogP contribution in [-0.4, -0.2) is 34.7 Å². The highest BCUT2D eigenvalue weighted by atomic mass is 32.2. The molecule has 0 aliphatic heterocycles. The minimum Gasteiger partial charge on any atom is -0.395 e. The molecule has 1 aromatic heterocycles. The zero-order valence-corrected chi connectivity index (χ0v) is 10.9. The Kier molecular flexibility index (Phi) is 4.55. The van der Waals surface area contributed by atoms with E-state index in [1.54, 1.807) is 11.8 Å². The number of hydrogen-bond acceptors (Lipinski definition) is 5. The van der Waals surface area contributed by atoms with Gasteiger partial charge in [0, 0.05) is 12.1 Å². The molecule has 2 aromatic rings. The molecule has 0 saturated heterocycles. The molecule has 4 nitrogen and oxygen atoms in total. The van der Waals surface area contributed by atoms with Crippen molar-refractivity contribution in [3.8, 4) is 11.1 Å². The lowest BCUT2D eigenvalue weighted by molar-refractivity contribution is 0.311. The van der Waals surface area contributed by atoms with E-state index in [2.05, 4.69) is 15.5 Å². The fourth-order valence-corrected chi connectivity index (χ4v) is 2.15. The van der Waals surface area contributed by atoms with E-state index in [1.807, 2.05) is 42.7 Å². The molecule has 0 aliphatic carbocycles. The number of hydrogen-bond donors (Lipinski definition) is 2. The van der Waals surface area contributed by atoms with E-state index in [0.717, 1.165) is 16.2 Å². The van der Waals surface area contributed by atoms with Crippen LogP contribution >= 0.6 is 11.8 Å². The van der Waals surface area contributed by atoms with Gasteiger partial charge in [-0.2, -0.15) is 0 Å². The summed E-state index contributed by atoms with van der Waals surface area (Å²) in [6.07, 6.45) is 1.98. The standard InChI is InChI=1S/C13H15N3OS/c1-18-13-11(10-5-3-2-4-6-10)9-12(15-16-13)14-7-8-17/h2-6,9,17H,7-8H2,1H3,(H,14,15). The van der Waals surface area contributed by atoms with Crippen molar-refractivity contribution in [3.05, 3.63) is 36.4 Å². The first-order chi connectivity index (χ1) is 8.85. The number of rotatable bonds is 5. The van der Waals surface area contributed by atoms with Crippen LogP contribution in [-0.2, 0) is 0 Å². The highest BCUT2D eigenvalue weighted by molar-refractivity contribution is 7.98. The smallest absolute Gasteiger partial charge is 0.149 e. The Morgan fingerprint density at radius 1 is 1.22 bits per heavy atom. The van der Waals surface area contributed by atoms with Gasteiger partial charge in [0.1, 0.15) is 10.8 Å². The Labute approximate surface area is 110 Å². The molecule has 1 heterocycles. The van der Waals surface area contributed by atoms with Crippen LogP contribution in [0, 0.1) is 0 Å². The predicted octanol–water partition coefficient (Wildman–Crippen LogP) is 2.27. The summed E-state index contributed by atoms with van der Waals surface area (Å²) in [4.78, 5) is 0. The van der Waals surface area contributed by atoms with Crippen molar-refractivity contribution in [1.82, 2.24) is 10.2 Å². The number of aliphatic hydroxyl groups is 1. The maximum absolute atomic E-state index is 8.80. The van der Waals surface area contributed by atoms with Crippen molar-refractivity contribution in [3.63, 3.8) is 0 Å². The predicted molar refractivity (Wildman–Crippen MR) is 74.8 cm³/mol. The largest absolute Gasteiger partial charge is 0.395 e. The second-order valence-corrected chi connectivity index (χ2v) is 4.46. The first-order valence-corrected chi connectivity index (χ1v) is 6.89. The van der Waals surface area contributed by atoms with Crippen LogP contribution < -0.4 is 5.32 Å². The minimum atomic E-state index is 0.0760. The first kappa shape index (κ1) is 12.9. The Morgan fingerprint density at radius 2 is 2.00 bits per heavy atom.